The van der Waals surface area contributed by atoms with E-state index >= 15 is 0 Å². The highest BCUT2D eigenvalue weighted by Crippen LogP contribution is 2.32. The lowest BCUT2D eigenvalue weighted by molar-refractivity contribution is 0.317. The zero-order valence-electron chi connectivity index (χ0n) is 15.6. The molecule has 0 aliphatic carbocycles. The monoisotopic (exact) mass is 369 g/mol. The maximum Gasteiger partial charge on any atom is 0.178 e. The average molecular weight is 370 g/mol. The van der Waals surface area contributed by atoms with Crippen molar-refractivity contribution in [1.29, 1.82) is 0 Å². The molecule has 0 bridgehead atoms. The Morgan fingerprint density at radius 1 is 1.08 bits per heavy atom. The second-order valence-electron chi connectivity index (χ2n) is 7.49. The van der Waals surface area contributed by atoms with Gasteiger partial charge in [0, 0.05) is 19.6 Å². The largest absolute Gasteiger partial charge is 0.298 e. The van der Waals surface area contributed by atoms with Gasteiger partial charge in [0.05, 0.1) is 10.6 Å². The van der Waals surface area contributed by atoms with Crippen LogP contribution in [0.4, 0.5) is 0 Å². The van der Waals surface area contributed by atoms with Gasteiger partial charge in [0.1, 0.15) is 0 Å². The molecule has 1 fully saturated rings. The Balaban J connectivity index is 1.74. The summed E-state index contributed by atoms with van der Waals surface area (Å²) in [7, 11) is -3.29. The van der Waals surface area contributed by atoms with Gasteiger partial charge in [-0.3, -0.25) is 4.90 Å². The molecule has 0 unspecified atom stereocenters. The number of sulfone groups is 1. The van der Waals surface area contributed by atoms with Gasteiger partial charge in [0.2, 0.25) is 0 Å². The van der Waals surface area contributed by atoms with Crippen molar-refractivity contribution in [3.8, 4) is 0 Å². The van der Waals surface area contributed by atoms with Gasteiger partial charge in [-0.25, -0.2) is 8.42 Å². The summed E-state index contributed by atoms with van der Waals surface area (Å²) in [5, 5.41) is 0. The van der Waals surface area contributed by atoms with Gasteiger partial charge in [0.25, 0.3) is 0 Å². The summed E-state index contributed by atoms with van der Waals surface area (Å²) < 4.78 is 25.8. The molecule has 0 radical (unpaired) electrons. The molecule has 3 rings (SSSR count). The lowest BCUT2D eigenvalue weighted by atomic mass is 9.92. The summed E-state index contributed by atoms with van der Waals surface area (Å²) in [5.74, 6) is 0.486. The van der Waals surface area contributed by atoms with Crippen molar-refractivity contribution in [2.75, 3.05) is 18.8 Å². The molecule has 1 aliphatic rings. The first-order valence-electron chi connectivity index (χ1n) is 9.06. The standard InChI is InChI=1S/C22H27NO2S/c1-17(2)22-15-23(13-19-7-5-4-6-8-19)14-20(22)16-26(24,25)21-11-9-18(3)10-12-21/h4-12,20,22H,1,13-16H2,2-3H3/t20-,22-/m0/s1. The normalized spacial score (nSPS) is 21.0. The summed E-state index contributed by atoms with van der Waals surface area (Å²) in [6, 6.07) is 17.5. The van der Waals surface area contributed by atoms with Gasteiger partial charge in [-0.1, -0.05) is 60.2 Å². The third-order valence-corrected chi connectivity index (χ3v) is 7.07. The minimum absolute atomic E-state index is 0.0857. The first-order chi connectivity index (χ1) is 12.3. The van der Waals surface area contributed by atoms with Gasteiger partial charge in [-0.05, 0) is 43.4 Å². The maximum atomic E-state index is 12.9. The van der Waals surface area contributed by atoms with Gasteiger partial charge < -0.3 is 0 Å². The van der Waals surface area contributed by atoms with Crippen molar-refractivity contribution in [1.82, 2.24) is 4.90 Å². The van der Waals surface area contributed by atoms with Crippen LogP contribution in [-0.2, 0) is 16.4 Å². The van der Waals surface area contributed by atoms with E-state index in [4.69, 9.17) is 0 Å². The minimum Gasteiger partial charge on any atom is -0.298 e. The Morgan fingerprint density at radius 3 is 2.35 bits per heavy atom. The van der Waals surface area contributed by atoms with E-state index in [1.807, 2.05) is 44.2 Å². The topological polar surface area (TPSA) is 37.4 Å². The van der Waals surface area contributed by atoms with Crippen molar-refractivity contribution >= 4 is 9.84 Å². The van der Waals surface area contributed by atoms with E-state index in [2.05, 4.69) is 23.6 Å². The lowest BCUT2D eigenvalue weighted by Gasteiger charge is -2.18. The smallest absolute Gasteiger partial charge is 0.178 e. The molecule has 2 aromatic rings. The highest BCUT2D eigenvalue weighted by molar-refractivity contribution is 7.91. The highest BCUT2D eigenvalue weighted by Gasteiger charge is 2.36. The Hall–Kier alpha value is -1.91. The van der Waals surface area contributed by atoms with Crippen molar-refractivity contribution in [3.05, 3.63) is 77.9 Å². The van der Waals surface area contributed by atoms with E-state index in [0.717, 1.165) is 30.8 Å². The zero-order valence-corrected chi connectivity index (χ0v) is 16.4. The van der Waals surface area contributed by atoms with E-state index in [1.165, 1.54) is 5.56 Å². The van der Waals surface area contributed by atoms with E-state index in [-0.39, 0.29) is 17.6 Å². The Bertz CT molecular complexity index is 857. The molecule has 0 saturated carbocycles. The molecule has 2 aromatic carbocycles. The van der Waals surface area contributed by atoms with Crippen LogP contribution in [0.25, 0.3) is 0 Å². The molecule has 4 heteroatoms. The average Bonchev–Trinajstić information content (AvgIpc) is 2.98. The Morgan fingerprint density at radius 2 is 1.73 bits per heavy atom. The van der Waals surface area contributed by atoms with Crippen molar-refractivity contribution in [2.24, 2.45) is 11.8 Å². The molecule has 0 amide bonds. The SMILES string of the molecule is C=C(C)[C@@H]1CN(Cc2ccccc2)C[C@H]1CS(=O)(=O)c1ccc(C)cc1. The molecular weight excluding hydrogens is 342 g/mol. The van der Waals surface area contributed by atoms with Crippen LogP contribution in [0.5, 0.6) is 0 Å². The number of hydrogen-bond acceptors (Lipinski definition) is 3. The molecule has 2 atom stereocenters. The quantitative estimate of drug-likeness (QED) is 0.720. The fourth-order valence-electron chi connectivity index (χ4n) is 3.78. The van der Waals surface area contributed by atoms with Crippen molar-refractivity contribution in [3.63, 3.8) is 0 Å². The molecule has 0 N–H and O–H groups in total. The highest BCUT2D eigenvalue weighted by atomic mass is 32.2. The number of nitrogens with zero attached hydrogens (tertiary/aromatic N) is 1. The molecule has 138 valence electrons. The van der Waals surface area contributed by atoms with Crippen LogP contribution >= 0.6 is 0 Å². The number of hydrogen-bond donors (Lipinski definition) is 0. The Labute approximate surface area is 157 Å². The van der Waals surface area contributed by atoms with Crippen LogP contribution < -0.4 is 0 Å². The summed E-state index contributed by atoms with van der Waals surface area (Å²) in [4.78, 5) is 2.77. The summed E-state index contributed by atoms with van der Waals surface area (Å²) in [6.07, 6.45) is 0. The molecule has 3 nitrogen and oxygen atoms in total. The van der Waals surface area contributed by atoms with Crippen LogP contribution in [0.3, 0.4) is 0 Å². The van der Waals surface area contributed by atoms with E-state index in [0.29, 0.717) is 4.90 Å². The number of benzene rings is 2. The second-order valence-corrected chi connectivity index (χ2v) is 9.52. The fourth-order valence-corrected chi connectivity index (χ4v) is 5.43. The van der Waals surface area contributed by atoms with Crippen LogP contribution in [0.1, 0.15) is 18.1 Å². The van der Waals surface area contributed by atoms with Crippen molar-refractivity contribution in [2.45, 2.75) is 25.3 Å². The minimum atomic E-state index is -3.29. The third kappa shape index (κ3) is 4.43. The summed E-state index contributed by atoms with van der Waals surface area (Å²) in [6.45, 7) is 10.6. The number of aryl methyl sites for hydroxylation is 1. The van der Waals surface area contributed by atoms with Gasteiger partial charge in [-0.2, -0.15) is 0 Å². The van der Waals surface area contributed by atoms with Crippen LogP contribution in [0.2, 0.25) is 0 Å². The molecule has 1 aliphatic heterocycles. The van der Waals surface area contributed by atoms with Gasteiger partial charge >= 0.3 is 0 Å². The molecular formula is C22H27NO2S. The fraction of sp³-hybridized carbons (Fsp3) is 0.364. The first-order valence-corrected chi connectivity index (χ1v) is 10.7. The van der Waals surface area contributed by atoms with E-state index in [1.54, 1.807) is 12.1 Å². The van der Waals surface area contributed by atoms with Gasteiger partial charge in [0.15, 0.2) is 9.84 Å². The van der Waals surface area contributed by atoms with Crippen LogP contribution in [-0.4, -0.2) is 32.2 Å². The van der Waals surface area contributed by atoms with Crippen LogP contribution in [0, 0.1) is 18.8 Å². The third-order valence-electron chi connectivity index (χ3n) is 5.21. The zero-order chi connectivity index (χ0) is 18.7. The molecule has 1 heterocycles. The molecule has 1 saturated heterocycles. The van der Waals surface area contributed by atoms with Gasteiger partial charge in [-0.15, -0.1) is 0 Å². The van der Waals surface area contributed by atoms with Crippen molar-refractivity contribution < 1.29 is 8.42 Å². The summed E-state index contributed by atoms with van der Waals surface area (Å²) in [5.41, 5.74) is 3.40. The Kier molecular flexibility index (Phi) is 5.64. The molecule has 26 heavy (non-hydrogen) atoms. The lowest BCUT2D eigenvalue weighted by Crippen LogP contribution is -2.24. The van der Waals surface area contributed by atoms with Crippen LogP contribution in [0.15, 0.2) is 71.6 Å². The van der Waals surface area contributed by atoms with E-state index in [9.17, 15) is 8.42 Å². The first kappa shape index (κ1) is 18.9. The second kappa shape index (κ2) is 7.77. The van der Waals surface area contributed by atoms with E-state index < -0.39 is 9.84 Å². The summed E-state index contributed by atoms with van der Waals surface area (Å²) >= 11 is 0. The maximum absolute atomic E-state index is 12.9. The number of likely N-dealkylation sites (tertiary alicyclic amines) is 1. The predicted molar refractivity (Wildman–Crippen MR) is 107 cm³/mol. The molecule has 0 aromatic heterocycles. The number of rotatable bonds is 6. The predicted octanol–water partition coefficient (Wildman–Crippen LogP) is 4.09. The molecule has 0 spiro atoms.